The van der Waals surface area contributed by atoms with Crippen LogP contribution in [0.2, 0.25) is 0 Å². The summed E-state index contributed by atoms with van der Waals surface area (Å²) in [5.41, 5.74) is 0. The molecule has 1 rings (SSSR count). The van der Waals surface area contributed by atoms with Gasteiger partial charge in [-0.2, -0.15) is 13.2 Å². The maximum atomic E-state index is 12.2. The van der Waals surface area contributed by atoms with Crippen molar-refractivity contribution in [3.8, 4) is 12.3 Å². The van der Waals surface area contributed by atoms with Crippen LogP contribution in [0.3, 0.4) is 0 Å². The lowest BCUT2D eigenvalue weighted by atomic mass is 10.4. The predicted molar refractivity (Wildman–Crippen MR) is 52.5 cm³/mol. The average molecular weight is 234 g/mol. The van der Waals surface area contributed by atoms with E-state index in [1.54, 1.807) is 0 Å². The quantitative estimate of drug-likeness (QED) is 0.562. The van der Waals surface area contributed by atoms with Gasteiger partial charge in [-0.3, -0.25) is 10.1 Å². The van der Waals surface area contributed by atoms with Crippen LogP contribution in [-0.4, -0.2) is 42.7 Å². The lowest BCUT2D eigenvalue weighted by molar-refractivity contribution is -0.161. The number of rotatable bonds is 5. The Morgan fingerprint density at radius 2 is 2.12 bits per heavy atom. The van der Waals surface area contributed by atoms with E-state index in [1.165, 1.54) is 0 Å². The molecule has 0 unspecified atom stereocenters. The van der Waals surface area contributed by atoms with E-state index in [0.717, 1.165) is 4.90 Å². The molecule has 1 saturated carbocycles. The molecule has 0 bridgehead atoms. The van der Waals surface area contributed by atoms with Gasteiger partial charge in [0.15, 0.2) is 0 Å². The zero-order valence-electron chi connectivity index (χ0n) is 8.68. The molecule has 1 fully saturated rings. The normalized spacial score (nSPS) is 15.6. The standard InChI is InChI=1S/C10H13F3N2O/c1-2-5-14-6-9(16)15(8-3-4-8)7-10(11,12)13/h1,8,14H,3-7H2. The summed E-state index contributed by atoms with van der Waals surface area (Å²) < 4.78 is 36.6. The van der Waals surface area contributed by atoms with Gasteiger partial charge in [0, 0.05) is 6.04 Å². The first-order valence-corrected chi connectivity index (χ1v) is 4.94. The van der Waals surface area contributed by atoms with Gasteiger partial charge in [-0.15, -0.1) is 6.42 Å². The first-order chi connectivity index (χ1) is 7.44. The van der Waals surface area contributed by atoms with Gasteiger partial charge in [0.25, 0.3) is 0 Å². The van der Waals surface area contributed by atoms with E-state index >= 15 is 0 Å². The number of amides is 1. The van der Waals surface area contributed by atoms with Crippen molar-refractivity contribution in [2.24, 2.45) is 0 Å². The van der Waals surface area contributed by atoms with Gasteiger partial charge in [0.05, 0.1) is 13.1 Å². The molecule has 3 nitrogen and oxygen atoms in total. The Bertz CT molecular complexity index is 291. The van der Waals surface area contributed by atoms with Crippen molar-refractivity contribution >= 4 is 5.91 Å². The molecular formula is C10H13F3N2O. The molecule has 0 radical (unpaired) electrons. The molecule has 0 aliphatic heterocycles. The van der Waals surface area contributed by atoms with E-state index in [9.17, 15) is 18.0 Å². The van der Waals surface area contributed by atoms with Crippen molar-refractivity contribution in [3.05, 3.63) is 0 Å². The van der Waals surface area contributed by atoms with Crippen LogP contribution in [0.25, 0.3) is 0 Å². The Hall–Kier alpha value is -1.22. The lowest BCUT2D eigenvalue weighted by Crippen LogP contribution is -2.44. The highest BCUT2D eigenvalue weighted by atomic mass is 19.4. The largest absolute Gasteiger partial charge is 0.406 e. The maximum absolute atomic E-state index is 12.2. The highest BCUT2D eigenvalue weighted by Crippen LogP contribution is 2.29. The molecule has 0 aromatic carbocycles. The fourth-order valence-corrected chi connectivity index (χ4v) is 1.34. The molecule has 1 N–H and O–H groups in total. The number of halogens is 3. The summed E-state index contributed by atoms with van der Waals surface area (Å²) in [5, 5.41) is 2.59. The van der Waals surface area contributed by atoms with Crippen LogP contribution < -0.4 is 5.32 Å². The van der Waals surface area contributed by atoms with Crippen molar-refractivity contribution < 1.29 is 18.0 Å². The molecule has 0 atom stereocenters. The number of hydrogen-bond donors (Lipinski definition) is 1. The lowest BCUT2D eigenvalue weighted by Gasteiger charge is -2.23. The monoisotopic (exact) mass is 234 g/mol. The van der Waals surface area contributed by atoms with E-state index in [0.29, 0.717) is 12.8 Å². The maximum Gasteiger partial charge on any atom is 0.406 e. The molecule has 0 heterocycles. The average Bonchev–Trinajstić information content (AvgIpc) is 2.96. The van der Waals surface area contributed by atoms with E-state index in [4.69, 9.17) is 6.42 Å². The van der Waals surface area contributed by atoms with Crippen LogP contribution in [-0.2, 0) is 4.79 Å². The summed E-state index contributed by atoms with van der Waals surface area (Å²) in [5.74, 6) is 1.70. The second-order valence-electron chi connectivity index (χ2n) is 3.68. The Balaban J connectivity index is 2.44. The highest BCUT2D eigenvalue weighted by molar-refractivity contribution is 5.79. The number of alkyl halides is 3. The molecule has 1 aliphatic carbocycles. The number of nitrogens with zero attached hydrogens (tertiary/aromatic N) is 1. The van der Waals surface area contributed by atoms with Gasteiger partial charge in [-0.05, 0) is 12.8 Å². The van der Waals surface area contributed by atoms with Crippen molar-refractivity contribution in [2.75, 3.05) is 19.6 Å². The summed E-state index contributed by atoms with van der Waals surface area (Å²) >= 11 is 0. The minimum atomic E-state index is -4.34. The van der Waals surface area contributed by atoms with Crippen molar-refractivity contribution in [1.29, 1.82) is 0 Å². The van der Waals surface area contributed by atoms with Gasteiger partial charge in [-0.25, -0.2) is 0 Å². The van der Waals surface area contributed by atoms with E-state index in [-0.39, 0.29) is 19.1 Å². The van der Waals surface area contributed by atoms with Gasteiger partial charge < -0.3 is 4.90 Å². The number of terminal acetylenes is 1. The Kier molecular flexibility index (Phi) is 4.19. The summed E-state index contributed by atoms with van der Waals surface area (Å²) in [7, 11) is 0. The van der Waals surface area contributed by atoms with Crippen LogP contribution in [0, 0.1) is 12.3 Å². The number of nitrogens with one attached hydrogen (secondary N) is 1. The summed E-state index contributed by atoms with van der Waals surface area (Å²) in [6.45, 7) is -1.14. The smallest absolute Gasteiger partial charge is 0.330 e. The van der Waals surface area contributed by atoms with Crippen LogP contribution in [0.5, 0.6) is 0 Å². The number of hydrogen-bond acceptors (Lipinski definition) is 2. The van der Waals surface area contributed by atoms with Crippen molar-refractivity contribution in [3.63, 3.8) is 0 Å². The third-order valence-corrected chi connectivity index (χ3v) is 2.16. The topological polar surface area (TPSA) is 32.3 Å². The molecule has 6 heteroatoms. The SMILES string of the molecule is C#CCNCC(=O)N(CC(F)(F)F)C1CC1. The zero-order valence-corrected chi connectivity index (χ0v) is 8.68. The minimum absolute atomic E-state index is 0.142. The van der Waals surface area contributed by atoms with E-state index in [1.807, 2.05) is 0 Å². The van der Waals surface area contributed by atoms with Gasteiger partial charge in [0.1, 0.15) is 6.54 Å². The number of carbonyl (C=O) groups is 1. The van der Waals surface area contributed by atoms with Gasteiger partial charge in [-0.1, -0.05) is 5.92 Å². The Morgan fingerprint density at radius 3 is 2.56 bits per heavy atom. The minimum Gasteiger partial charge on any atom is -0.330 e. The van der Waals surface area contributed by atoms with Gasteiger partial charge in [0.2, 0.25) is 5.91 Å². The molecule has 0 spiro atoms. The summed E-state index contributed by atoms with van der Waals surface area (Å²) in [4.78, 5) is 12.4. The van der Waals surface area contributed by atoms with Crippen molar-refractivity contribution in [1.82, 2.24) is 10.2 Å². The molecule has 16 heavy (non-hydrogen) atoms. The molecule has 1 amide bonds. The van der Waals surface area contributed by atoms with Crippen LogP contribution in [0.1, 0.15) is 12.8 Å². The first kappa shape index (κ1) is 12.8. The second-order valence-corrected chi connectivity index (χ2v) is 3.68. The predicted octanol–water partition coefficient (Wildman–Crippen LogP) is 0.762. The molecule has 0 saturated heterocycles. The van der Waals surface area contributed by atoms with Crippen LogP contribution in [0.15, 0.2) is 0 Å². The first-order valence-electron chi connectivity index (χ1n) is 4.94. The number of carbonyl (C=O) groups excluding carboxylic acids is 1. The molecule has 1 aliphatic rings. The van der Waals surface area contributed by atoms with Crippen LogP contribution >= 0.6 is 0 Å². The summed E-state index contributed by atoms with van der Waals surface area (Å²) in [6, 6.07) is -0.248. The molecule has 0 aromatic rings. The molecule has 90 valence electrons. The summed E-state index contributed by atoms with van der Waals surface area (Å²) in [6.07, 6.45) is 1.90. The van der Waals surface area contributed by atoms with E-state index in [2.05, 4.69) is 11.2 Å². The van der Waals surface area contributed by atoms with Gasteiger partial charge >= 0.3 is 6.18 Å². The molecule has 0 aromatic heterocycles. The second kappa shape index (κ2) is 5.21. The highest BCUT2D eigenvalue weighted by Gasteiger charge is 2.40. The third-order valence-electron chi connectivity index (χ3n) is 2.16. The Morgan fingerprint density at radius 1 is 1.50 bits per heavy atom. The fraction of sp³-hybridized carbons (Fsp3) is 0.700. The zero-order chi connectivity index (χ0) is 12.2. The fourth-order valence-electron chi connectivity index (χ4n) is 1.34. The molecular weight excluding hydrogens is 221 g/mol. The third kappa shape index (κ3) is 4.53. The van der Waals surface area contributed by atoms with Crippen molar-refractivity contribution in [2.45, 2.75) is 25.1 Å². The Labute approximate surface area is 92.0 Å². The van der Waals surface area contributed by atoms with Crippen LogP contribution in [0.4, 0.5) is 13.2 Å². The van der Waals surface area contributed by atoms with E-state index < -0.39 is 18.6 Å².